The van der Waals surface area contributed by atoms with Gasteiger partial charge in [0.05, 0.1) is 0 Å². The van der Waals surface area contributed by atoms with Crippen molar-refractivity contribution in [1.82, 2.24) is 20.3 Å². The van der Waals surface area contributed by atoms with Gasteiger partial charge in [-0.15, -0.1) is 0 Å². The number of nitrogens with one attached hydrogen (secondary N) is 1. The van der Waals surface area contributed by atoms with Crippen molar-refractivity contribution in [3.05, 3.63) is 126 Å². The second-order valence-electron chi connectivity index (χ2n) is 7.43. The molecule has 0 fully saturated rings. The molecule has 0 saturated heterocycles. The lowest BCUT2D eigenvalue weighted by molar-refractivity contribution is -0.119. The van der Waals surface area contributed by atoms with E-state index >= 15 is 0 Å². The van der Waals surface area contributed by atoms with Crippen molar-refractivity contribution in [2.75, 3.05) is 0 Å². The van der Waals surface area contributed by atoms with Gasteiger partial charge in [0, 0.05) is 62.0 Å². The van der Waals surface area contributed by atoms with Crippen LogP contribution in [0.3, 0.4) is 0 Å². The molecule has 1 aromatic carbocycles. The Hall–Kier alpha value is -3.86. The van der Waals surface area contributed by atoms with Gasteiger partial charge >= 0.3 is 0 Å². The molecule has 0 saturated carbocycles. The van der Waals surface area contributed by atoms with Crippen LogP contribution in [0.2, 0.25) is 0 Å². The van der Waals surface area contributed by atoms with Gasteiger partial charge in [0.15, 0.2) is 0 Å². The molecule has 0 aliphatic carbocycles. The maximum absolute atomic E-state index is 11.2. The van der Waals surface area contributed by atoms with Crippen LogP contribution in [-0.2, 0) is 11.3 Å². The van der Waals surface area contributed by atoms with Crippen LogP contribution in [0.25, 0.3) is 0 Å². The third-order valence-electron chi connectivity index (χ3n) is 5.31. The van der Waals surface area contributed by atoms with Gasteiger partial charge in [-0.2, -0.15) is 0 Å². The zero-order valence-electron chi connectivity index (χ0n) is 17.3. The van der Waals surface area contributed by atoms with Crippen molar-refractivity contribution in [3.8, 4) is 0 Å². The minimum Gasteiger partial charge on any atom is -0.352 e. The quantitative estimate of drug-likeness (QED) is 0.490. The Balaban J connectivity index is 1.81. The Morgan fingerprint density at radius 1 is 0.774 bits per heavy atom. The van der Waals surface area contributed by atoms with Gasteiger partial charge in [-0.05, 0) is 46.5 Å². The number of pyridine rings is 3. The molecule has 0 radical (unpaired) electrons. The second kappa shape index (κ2) is 9.76. The molecule has 3 aromatic heterocycles. The summed E-state index contributed by atoms with van der Waals surface area (Å²) in [5.74, 6) is -0.0634. The first kappa shape index (κ1) is 20.4. The number of rotatable bonds is 7. The Morgan fingerprint density at radius 3 is 1.97 bits per heavy atom. The van der Waals surface area contributed by atoms with Crippen LogP contribution in [0.4, 0.5) is 0 Å². The van der Waals surface area contributed by atoms with Crippen LogP contribution in [0.1, 0.15) is 46.7 Å². The number of nitrogens with zero attached hydrogens (tertiary/aromatic N) is 3. The van der Waals surface area contributed by atoms with Crippen LogP contribution >= 0.6 is 0 Å². The molecule has 0 aliphatic rings. The molecule has 3 heterocycles. The van der Waals surface area contributed by atoms with E-state index in [1.807, 2.05) is 42.9 Å². The summed E-state index contributed by atoms with van der Waals surface area (Å²) in [6.07, 6.45) is 9.24. The lowest BCUT2D eigenvalue weighted by Gasteiger charge is -2.28. The first-order valence-corrected chi connectivity index (χ1v) is 10.3. The number of hydrogen-bond acceptors (Lipinski definition) is 4. The average molecular weight is 409 g/mol. The van der Waals surface area contributed by atoms with Gasteiger partial charge in [-0.3, -0.25) is 19.7 Å². The molecule has 1 N–H and O–H groups in total. The van der Waals surface area contributed by atoms with Crippen molar-refractivity contribution in [2.24, 2.45) is 0 Å². The highest BCUT2D eigenvalue weighted by Gasteiger charge is 2.29. The van der Waals surface area contributed by atoms with Crippen molar-refractivity contribution in [2.45, 2.75) is 25.3 Å². The second-order valence-corrected chi connectivity index (χ2v) is 7.43. The minimum absolute atomic E-state index is 0.00139. The molecule has 0 bridgehead atoms. The standard InChI is InChI=1S/C26H24N4O/c1-19(31)30-16-20-9-11-21(12-10-20)26(24-8-2-3-15-29-24)25(22-6-4-13-27-17-22)23-7-5-14-28-18-23/h2-15,17-18,25-26H,16H2,1H3,(H,30,31). The number of hydrogen-bond donors (Lipinski definition) is 1. The Kier molecular flexibility index (Phi) is 6.43. The zero-order chi connectivity index (χ0) is 21.5. The predicted octanol–water partition coefficient (Wildman–Crippen LogP) is 4.47. The Morgan fingerprint density at radius 2 is 1.45 bits per heavy atom. The molecule has 0 spiro atoms. The topological polar surface area (TPSA) is 67.8 Å². The fourth-order valence-electron chi connectivity index (χ4n) is 3.86. The summed E-state index contributed by atoms with van der Waals surface area (Å²) in [4.78, 5) is 24.7. The van der Waals surface area contributed by atoms with Gasteiger partial charge in [0.25, 0.3) is 0 Å². The molecule has 1 unspecified atom stereocenters. The number of carbonyl (C=O) groups is 1. The first-order chi connectivity index (χ1) is 15.2. The van der Waals surface area contributed by atoms with E-state index < -0.39 is 0 Å². The summed E-state index contributed by atoms with van der Waals surface area (Å²) in [6.45, 7) is 2.04. The van der Waals surface area contributed by atoms with E-state index in [4.69, 9.17) is 4.98 Å². The molecule has 1 amide bonds. The van der Waals surface area contributed by atoms with Crippen molar-refractivity contribution in [1.29, 1.82) is 0 Å². The van der Waals surface area contributed by atoms with E-state index in [1.54, 1.807) is 12.4 Å². The van der Waals surface area contributed by atoms with Gasteiger partial charge < -0.3 is 5.32 Å². The molecule has 4 aromatic rings. The van der Waals surface area contributed by atoms with Crippen molar-refractivity contribution in [3.63, 3.8) is 0 Å². The summed E-state index contributed by atoms with van der Waals surface area (Å²) in [7, 11) is 0. The SMILES string of the molecule is CC(=O)NCc1ccc(C(c2ccccn2)C(c2cccnc2)c2cccnc2)cc1. The number of aromatic nitrogens is 3. The summed E-state index contributed by atoms with van der Waals surface area (Å²) >= 11 is 0. The van der Waals surface area contributed by atoms with Crippen molar-refractivity contribution >= 4 is 5.91 Å². The summed E-state index contributed by atoms with van der Waals surface area (Å²) in [6, 6.07) is 22.5. The van der Waals surface area contributed by atoms with Gasteiger partial charge in [-0.25, -0.2) is 0 Å². The van der Waals surface area contributed by atoms with E-state index in [0.717, 1.165) is 27.9 Å². The molecule has 0 aliphatic heterocycles. The smallest absolute Gasteiger partial charge is 0.217 e. The number of carbonyl (C=O) groups excluding carboxylic acids is 1. The normalized spacial score (nSPS) is 11.8. The number of amides is 1. The molecule has 31 heavy (non-hydrogen) atoms. The lowest BCUT2D eigenvalue weighted by atomic mass is 9.76. The molecule has 154 valence electrons. The monoisotopic (exact) mass is 408 g/mol. The third kappa shape index (κ3) is 5.01. The van der Waals surface area contributed by atoms with E-state index in [0.29, 0.717) is 6.54 Å². The van der Waals surface area contributed by atoms with Gasteiger partial charge in [0.1, 0.15) is 0 Å². The molecular formula is C26H24N4O. The summed E-state index contributed by atoms with van der Waals surface area (Å²) < 4.78 is 0. The first-order valence-electron chi connectivity index (χ1n) is 10.3. The van der Waals surface area contributed by atoms with Crippen LogP contribution in [0.15, 0.2) is 97.7 Å². The zero-order valence-corrected chi connectivity index (χ0v) is 17.3. The molecular weight excluding hydrogens is 384 g/mol. The number of benzene rings is 1. The molecule has 5 heteroatoms. The van der Waals surface area contributed by atoms with E-state index in [2.05, 4.69) is 57.7 Å². The van der Waals surface area contributed by atoms with E-state index in [9.17, 15) is 4.79 Å². The average Bonchev–Trinajstić information content (AvgIpc) is 2.83. The molecule has 4 rings (SSSR count). The summed E-state index contributed by atoms with van der Waals surface area (Å²) in [5, 5.41) is 2.85. The maximum Gasteiger partial charge on any atom is 0.217 e. The fourth-order valence-corrected chi connectivity index (χ4v) is 3.86. The lowest BCUT2D eigenvalue weighted by Crippen LogP contribution is -2.19. The highest BCUT2D eigenvalue weighted by molar-refractivity contribution is 5.72. The fraction of sp³-hybridized carbons (Fsp3) is 0.154. The van der Waals surface area contributed by atoms with Crippen LogP contribution in [0.5, 0.6) is 0 Å². The molecule has 1 atom stereocenters. The maximum atomic E-state index is 11.2. The van der Waals surface area contributed by atoms with Crippen LogP contribution in [0, 0.1) is 0 Å². The van der Waals surface area contributed by atoms with E-state index in [1.165, 1.54) is 6.92 Å². The highest BCUT2D eigenvalue weighted by atomic mass is 16.1. The Labute approximate surface area is 182 Å². The van der Waals surface area contributed by atoms with Crippen LogP contribution < -0.4 is 5.32 Å². The highest BCUT2D eigenvalue weighted by Crippen LogP contribution is 2.41. The van der Waals surface area contributed by atoms with E-state index in [-0.39, 0.29) is 17.7 Å². The summed E-state index contributed by atoms with van der Waals surface area (Å²) in [5.41, 5.74) is 5.39. The predicted molar refractivity (Wildman–Crippen MR) is 120 cm³/mol. The van der Waals surface area contributed by atoms with Crippen molar-refractivity contribution < 1.29 is 4.79 Å². The van der Waals surface area contributed by atoms with Gasteiger partial charge in [0.2, 0.25) is 5.91 Å². The largest absolute Gasteiger partial charge is 0.352 e. The third-order valence-corrected chi connectivity index (χ3v) is 5.31. The van der Waals surface area contributed by atoms with Gasteiger partial charge in [-0.1, -0.05) is 42.5 Å². The Bertz CT molecular complexity index is 1060. The molecule has 5 nitrogen and oxygen atoms in total. The minimum atomic E-state index is -0.0383. The van der Waals surface area contributed by atoms with Crippen LogP contribution in [-0.4, -0.2) is 20.9 Å².